The topological polar surface area (TPSA) is 78.4 Å². The Kier molecular flexibility index (Phi) is 4.73. The number of aliphatic carboxylic acids is 1. The maximum absolute atomic E-state index is 11.5. The molecule has 1 saturated carbocycles. The standard InChI is InChI=1S/C11H20N2O3/c1-2-12-8-9(14)13-11(10(15)16)6-4-3-5-7-11/h12H,2-8H2,1H3,(H,13,14)(H,15,16). The summed E-state index contributed by atoms with van der Waals surface area (Å²) in [6, 6.07) is 0. The Bertz CT molecular complexity index is 260. The van der Waals surface area contributed by atoms with E-state index in [1.54, 1.807) is 0 Å². The molecule has 5 nitrogen and oxygen atoms in total. The zero-order chi connectivity index (χ0) is 12.0. The molecule has 0 heterocycles. The highest BCUT2D eigenvalue weighted by molar-refractivity contribution is 5.87. The van der Waals surface area contributed by atoms with Crippen LogP contribution in [0.2, 0.25) is 0 Å². The van der Waals surface area contributed by atoms with Crippen LogP contribution in [0.5, 0.6) is 0 Å². The number of carbonyl (C=O) groups excluding carboxylic acids is 1. The van der Waals surface area contributed by atoms with Crippen LogP contribution in [0.4, 0.5) is 0 Å². The summed E-state index contributed by atoms with van der Waals surface area (Å²) in [5, 5.41) is 14.8. The van der Waals surface area contributed by atoms with E-state index >= 15 is 0 Å². The fourth-order valence-electron chi connectivity index (χ4n) is 2.10. The molecule has 16 heavy (non-hydrogen) atoms. The summed E-state index contributed by atoms with van der Waals surface area (Å²) in [5.74, 6) is -1.14. The van der Waals surface area contributed by atoms with Crippen LogP contribution in [0.15, 0.2) is 0 Å². The monoisotopic (exact) mass is 228 g/mol. The third kappa shape index (κ3) is 3.20. The molecule has 0 aromatic rings. The zero-order valence-corrected chi connectivity index (χ0v) is 9.71. The van der Waals surface area contributed by atoms with Crippen molar-refractivity contribution in [3.8, 4) is 0 Å². The third-order valence-corrected chi connectivity index (χ3v) is 3.03. The lowest BCUT2D eigenvalue weighted by Gasteiger charge is -2.34. The van der Waals surface area contributed by atoms with E-state index < -0.39 is 11.5 Å². The highest BCUT2D eigenvalue weighted by atomic mass is 16.4. The minimum absolute atomic E-state index is 0.186. The van der Waals surface area contributed by atoms with Crippen LogP contribution in [-0.2, 0) is 9.59 Å². The number of hydrogen-bond acceptors (Lipinski definition) is 3. The summed E-state index contributed by atoms with van der Waals surface area (Å²) in [4.78, 5) is 22.8. The number of rotatable bonds is 5. The van der Waals surface area contributed by atoms with Crippen LogP contribution >= 0.6 is 0 Å². The lowest BCUT2D eigenvalue weighted by Crippen LogP contribution is -2.57. The molecular formula is C11H20N2O3. The molecule has 0 aliphatic heterocycles. The van der Waals surface area contributed by atoms with Crippen molar-refractivity contribution in [2.75, 3.05) is 13.1 Å². The molecule has 1 amide bonds. The van der Waals surface area contributed by atoms with Crippen molar-refractivity contribution in [3.63, 3.8) is 0 Å². The molecule has 1 rings (SSSR count). The quantitative estimate of drug-likeness (QED) is 0.640. The summed E-state index contributed by atoms with van der Waals surface area (Å²) in [6.45, 7) is 2.79. The van der Waals surface area contributed by atoms with E-state index in [1.807, 2.05) is 6.92 Å². The minimum atomic E-state index is -1.02. The van der Waals surface area contributed by atoms with Crippen molar-refractivity contribution in [2.24, 2.45) is 0 Å². The van der Waals surface area contributed by atoms with Gasteiger partial charge in [-0.1, -0.05) is 26.2 Å². The number of amides is 1. The van der Waals surface area contributed by atoms with E-state index in [9.17, 15) is 14.7 Å². The number of carboxylic acid groups (broad SMARTS) is 1. The first kappa shape index (κ1) is 13.0. The van der Waals surface area contributed by atoms with Crippen LogP contribution in [0.1, 0.15) is 39.0 Å². The number of nitrogens with one attached hydrogen (secondary N) is 2. The van der Waals surface area contributed by atoms with Crippen molar-refractivity contribution in [2.45, 2.75) is 44.6 Å². The summed E-state index contributed by atoms with van der Waals surface area (Å²) < 4.78 is 0. The van der Waals surface area contributed by atoms with Gasteiger partial charge in [0.2, 0.25) is 5.91 Å². The molecule has 1 aliphatic carbocycles. The largest absolute Gasteiger partial charge is 0.480 e. The molecule has 3 N–H and O–H groups in total. The van der Waals surface area contributed by atoms with Gasteiger partial charge in [-0.25, -0.2) is 4.79 Å². The normalized spacial score (nSPS) is 19.1. The van der Waals surface area contributed by atoms with Gasteiger partial charge in [0.25, 0.3) is 0 Å². The van der Waals surface area contributed by atoms with Crippen LogP contribution in [0.3, 0.4) is 0 Å². The smallest absolute Gasteiger partial charge is 0.329 e. The van der Waals surface area contributed by atoms with Gasteiger partial charge in [-0.05, 0) is 19.4 Å². The van der Waals surface area contributed by atoms with Gasteiger partial charge >= 0.3 is 5.97 Å². The second kappa shape index (κ2) is 5.84. The molecule has 0 unspecified atom stereocenters. The lowest BCUT2D eigenvalue weighted by atomic mass is 9.81. The van der Waals surface area contributed by atoms with Gasteiger partial charge in [0.1, 0.15) is 5.54 Å². The number of likely N-dealkylation sites (N-methyl/N-ethyl adjacent to an activating group) is 1. The summed E-state index contributed by atoms with van der Waals surface area (Å²) in [6.07, 6.45) is 3.88. The van der Waals surface area contributed by atoms with E-state index in [0.29, 0.717) is 19.4 Å². The fraction of sp³-hybridized carbons (Fsp3) is 0.818. The predicted molar refractivity (Wildman–Crippen MR) is 60.1 cm³/mol. The fourth-order valence-corrected chi connectivity index (χ4v) is 2.10. The van der Waals surface area contributed by atoms with Gasteiger partial charge in [-0.3, -0.25) is 4.79 Å². The maximum Gasteiger partial charge on any atom is 0.329 e. The second-order valence-corrected chi connectivity index (χ2v) is 4.28. The van der Waals surface area contributed by atoms with Gasteiger partial charge < -0.3 is 15.7 Å². The molecule has 0 aromatic heterocycles. The van der Waals surface area contributed by atoms with Crippen molar-refractivity contribution in [3.05, 3.63) is 0 Å². The summed E-state index contributed by atoms with van der Waals surface area (Å²) >= 11 is 0. The number of carbonyl (C=O) groups is 2. The second-order valence-electron chi connectivity index (χ2n) is 4.28. The molecule has 92 valence electrons. The average molecular weight is 228 g/mol. The molecule has 1 fully saturated rings. The van der Waals surface area contributed by atoms with Crippen molar-refractivity contribution in [1.82, 2.24) is 10.6 Å². The Morgan fingerprint density at radius 3 is 2.38 bits per heavy atom. The maximum atomic E-state index is 11.5. The Morgan fingerprint density at radius 2 is 1.88 bits per heavy atom. The highest BCUT2D eigenvalue weighted by Gasteiger charge is 2.40. The molecular weight excluding hydrogens is 208 g/mol. The first-order valence-electron chi connectivity index (χ1n) is 5.86. The van der Waals surface area contributed by atoms with Gasteiger partial charge in [0.15, 0.2) is 0 Å². The van der Waals surface area contributed by atoms with Crippen LogP contribution in [-0.4, -0.2) is 35.6 Å². The minimum Gasteiger partial charge on any atom is -0.480 e. The Hall–Kier alpha value is -1.10. The van der Waals surface area contributed by atoms with E-state index in [2.05, 4.69) is 10.6 Å². The lowest BCUT2D eigenvalue weighted by molar-refractivity contribution is -0.149. The van der Waals surface area contributed by atoms with Crippen LogP contribution in [0.25, 0.3) is 0 Å². The molecule has 0 atom stereocenters. The van der Waals surface area contributed by atoms with Gasteiger partial charge in [-0.15, -0.1) is 0 Å². The molecule has 0 bridgehead atoms. The van der Waals surface area contributed by atoms with Gasteiger partial charge in [0, 0.05) is 0 Å². The van der Waals surface area contributed by atoms with Crippen molar-refractivity contribution in [1.29, 1.82) is 0 Å². The molecule has 0 radical (unpaired) electrons. The Morgan fingerprint density at radius 1 is 1.25 bits per heavy atom. The van der Waals surface area contributed by atoms with Crippen LogP contribution < -0.4 is 10.6 Å². The Balaban J connectivity index is 2.56. The zero-order valence-electron chi connectivity index (χ0n) is 9.71. The molecule has 1 aliphatic rings. The molecule has 0 aromatic carbocycles. The van der Waals surface area contributed by atoms with Gasteiger partial charge in [-0.2, -0.15) is 0 Å². The predicted octanol–water partition coefficient (Wildman–Crippen LogP) is 0.500. The summed E-state index contributed by atoms with van der Waals surface area (Å²) in [5.41, 5.74) is -1.02. The third-order valence-electron chi connectivity index (χ3n) is 3.03. The molecule has 0 spiro atoms. The summed E-state index contributed by atoms with van der Waals surface area (Å²) in [7, 11) is 0. The van der Waals surface area contributed by atoms with E-state index in [4.69, 9.17) is 0 Å². The average Bonchev–Trinajstić information content (AvgIpc) is 2.27. The first-order valence-corrected chi connectivity index (χ1v) is 5.86. The van der Waals surface area contributed by atoms with E-state index in [1.165, 1.54) is 0 Å². The van der Waals surface area contributed by atoms with Crippen molar-refractivity contribution >= 4 is 11.9 Å². The Labute approximate surface area is 95.6 Å². The highest BCUT2D eigenvalue weighted by Crippen LogP contribution is 2.28. The first-order chi connectivity index (χ1) is 7.60. The van der Waals surface area contributed by atoms with E-state index in [-0.39, 0.29) is 12.5 Å². The molecule has 5 heteroatoms. The SMILES string of the molecule is CCNCC(=O)NC1(C(=O)O)CCCCC1. The molecule has 0 saturated heterocycles. The van der Waals surface area contributed by atoms with Crippen LogP contribution in [0, 0.1) is 0 Å². The number of hydrogen-bond donors (Lipinski definition) is 3. The van der Waals surface area contributed by atoms with Gasteiger partial charge in [0.05, 0.1) is 6.54 Å². The number of carboxylic acids is 1. The van der Waals surface area contributed by atoms with E-state index in [0.717, 1.165) is 19.3 Å². The van der Waals surface area contributed by atoms with Crippen molar-refractivity contribution < 1.29 is 14.7 Å².